The van der Waals surface area contributed by atoms with Crippen LogP contribution in [0.2, 0.25) is 0 Å². The first kappa shape index (κ1) is 20.3. The number of rotatable bonds is 5. The van der Waals surface area contributed by atoms with Crippen molar-refractivity contribution in [2.24, 2.45) is 5.73 Å². The van der Waals surface area contributed by atoms with Gasteiger partial charge in [-0.15, -0.1) is 11.3 Å². The first-order chi connectivity index (χ1) is 15.6. The molecule has 32 heavy (non-hydrogen) atoms. The standard InChI is InChI=1S/C23H22N6O2S/c24-8-6-21(30)27-17-2-1-3-19-15(17)10-14(12-31-19)22-28-18-5-4-13(11-20(18)32-22)16-7-9-26-23(25)29-16/h1-5,7,9,11,14H,6,8,10,12,24H2,(H,27,30)(H2,25,26,29). The number of benzene rings is 2. The van der Waals surface area contributed by atoms with Crippen molar-refractivity contribution in [3.63, 3.8) is 0 Å². The Labute approximate surface area is 188 Å². The van der Waals surface area contributed by atoms with Crippen molar-refractivity contribution in [3.8, 4) is 17.0 Å². The van der Waals surface area contributed by atoms with E-state index in [0.29, 0.717) is 13.2 Å². The van der Waals surface area contributed by atoms with Crippen LogP contribution in [0.4, 0.5) is 11.6 Å². The summed E-state index contributed by atoms with van der Waals surface area (Å²) < 4.78 is 7.11. The van der Waals surface area contributed by atoms with Crippen LogP contribution >= 0.6 is 11.3 Å². The molecule has 162 valence electrons. The molecule has 1 unspecified atom stereocenters. The summed E-state index contributed by atoms with van der Waals surface area (Å²) in [5.74, 6) is 1.06. The number of carbonyl (C=O) groups excluding carboxylic acids is 1. The predicted octanol–water partition coefficient (Wildman–Crippen LogP) is 3.34. The number of ether oxygens (including phenoxy) is 1. The average Bonchev–Trinajstić information content (AvgIpc) is 3.23. The quantitative estimate of drug-likeness (QED) is 0.429. The van der Waals surface area contributed by atoms with Gasteiger partial charge in [-0.3, -0.25) is 4.79 Å². The first-order valence-electron chi connectivity index (χ1n) is 10.3. The van der Waals surface area contributed by atoms with Gasteiger partial charge in [-0.25, -0.2) is 15.0 Å². The normalized spacial score (nSPS) is 15.2. The molecule has 1 atom stereocenters. The second-order valence-electron chi connectivity index (χ2n) is 7.62. The van der Waals surface area contributed by atoms with Gasteiger partial charge in [-0.05, 0) is 36.8 Å². The van der Waals surface area contributed by atoms with Crippen LogP contribution < -0.4 is 21.5 Å². The second kappa shape index (κ2) is 8.52. The Morgan fingerprint density at radius 1 is 1.22 bits per heavy atom. The molecule has 9 heteroatoms. The van der Waals surface area contributed by atoms with E-state index in [2.05, 4.69) is 21.4 Å². The van der Waals surface area contributed by atoms with Crippen molar-refractivity contribution < 1.29 is 9.53 Å². The van der Waals surface area contributed by atoms with Gasteiger partial charge in [0.05, 0.1) is 22.5 Å². The van der Waals surface area contributed by atoms with E-state index in [1.165, 1.54) is 0 Å². The zero-order valence-corrected chi connectivity index (χ0v) is 18.1. The molecule has 0 saturated heterocycles. The molecular formula is C23H22N6O2S. The molecule has 0 spiro atoms. The summed E-state index contributed by atoms with van der Waals surface area (Å²) in [6.45, 7) is 0.859. The van der Waals surface area contributed by atoms with Crippen molar-refractivity contribution in [1.29, 1.82) is 0 Å². The highest BCUT2D eigenvalue weighted by Gasteiger charge is 2.26. The van der Waals surface area contributed by atoms with Gasteiger partial charge in [0.15, 0.2) is 0 Å². The number of carbonyl (C=O) groups is 1. The zero-order chi connectivity index (χ0) is 22.1. The number of nitrogens with one attached hydrogen (secondary N) is 1. The van der Waals surface area contributed by atoms with Gasteiger partial charge in [0.2, 0.25) is 11.9 Å². The predicted molar refractivity (Wildman–Crippen MR) is 126 cm³/mol. The molecule has 2 aromatic carbocycles. The average molecular weight is 447 g/mol. The molecule has 2 aromatic heterocycles. The number of nitrogens with zero attached hydrogens (tertiary/aromatic N) is 3. The van der Waals surface area contributed by atoms with E-state index in [-0.39, 0.29) is 24.2 Å². The van der Waals surface area contributed by atoms with E-state index in [4.69, 9.17) is 21.2 Å². The molecular weight excluding hydrogens is 424 g/mol. The van der Waals surface area contributed by atoms with Gasteiger partial charge in [0.25, 0.3) is 0 Å². The molecule has 5 N–H and O–H groups in total. The van der Waals surface area contributed by atoms with Crippen LogP contribution in [0.1, 0.15) is 22.9 Å². The molecule has 4 aromatic rings. The molecule has 5 rings (SSSR count). The van der Waals surface area contributed by atoms with Crippen molar-refractivity contribution in [3.05, 3.63) is 59.2 Å². The number of nitrogens with two attached hydrogens (primary N) is 2. The Morgan fingerprint density at radius 2 is 2.12 bits per heavy atom. The molecule has 3 heterocycles. The SMILES string of the molecule is NCCC(=O)Nc1cccc2c1CC(c1nc3ccc(-c4ccnc(N)n4)cc3s1)CO2. The minimum Gasteiger partial charge on any atom is -0.492 e. The van der Waals surface area contributed by atoms with Gasteiger partial charge < -0.3 is 21.5 Å². The molecule has 0 bridgehead atoms. The molecule has 1 aliphatic heterocycles. The summed E-state index contributed by atoms with van der Waals surface area (Å²) in [5, 5.41) is 3.97. The van der Waals surface area contributed by atoms with Crippen LogP contribution in [-0.4, -0.2) is 34.0 Å². The lowest BCUT2D eigenvalue weighted by Crippen LogP contribution is -2.22. The van der Waals surface area contributed by atoms with E-state index in [1.807, 2.05) is 36.4 Å². The highest BCUT2D eigenvalue weighted by Crippen LogP contribution is 2.39. The number of hydrogen-bond donors (Lipinski definition) is 3. The highest BCUT2D eigenvalue weighted by molar-refractivity contribution is 7.18. The molecule has 8 nitrogen and oxygen atoms in total. The van der Waals surface area contributed by atoms with Gasteiger partial charge >= 0.3 is 0 Å². The number of anilines is 2. The van der Waals surface area contributed by atoms with Gasteiger partial charge in [0.1, 0.15) is 10.8 Å². The van der Waals surface area contributed by atoms with Crippen LogP contribution in [-0.2, 0) is 11.2 Å². The summed E-state index contributed by atoms with van der Waals surface area (Å²) in [6.07, 6.45) is 2.68. The Hall–Kier alpha value is -3.56. The number of fused-ring (bicyclic) bond motifs is 2. The Bertz CT molecular complexity index is 1300. The van der Waals surface area contributed by atoms with Crippen molar-refractivity contribution in [2.45, 2.75) is 18.8 Å². The van der Waals surface area contributed by atoms with Crippen LogP contribution in [0.25, 0.3) is 21.5 Å². The molecule has 0 fully saturated rings. The number of nitrogen functional groups attached to an aromatic ring is 1. The molecule has 0 aliphatic carbocycles. The molecule has 1 amide bonds. The number of hydrogen-bond acceptors (Lipinski definition) is 8. The van der Waals surface area contributed by atoms with Crippen LogP contribution in [0.5, 0.6) is 5.75 Å². The number of amides is 1. The molecule has 0 saturated carbocycles. The van der Waals surface area contributed by atoms with E-state index >= 15 is 0 Å². The van der Waals surface area contributed by atoms with Crippen molar-refractivity contribution in [1.82, 2.24) is 15.0 Å². The summed E-state index contributed by atoms with van der Waals surface area (Å²) in [5.41, 5.74) is 15.7. The third-order valence-electron chi connectivity index (χ3n) is 5.39. The van der Waals surface area contributed by atoms with Gasteiger partial charge in [0, 0.05) is 41.9 Å². The maximum atomic E-state index is 12.1. The summed E-state index contributed by atoms with van der Waals surface area (Å²) in [7, 11) is 0. The summed E-state index contributed by atoms with van der Waals surface area (Å²) in [6, 6.07) is 13.6. The number of aromatic nitrogens is 3. The largest absolute Gasteiger partial charge is 0.492 e. The first-order valence-corrected chi connectivity index (χ1v) is 11.2. The van der Waals surface area contributed by atoms with Crippen molar-refractivity contribution in [2.75, 3.05) is 24.2 Å². The summed E-state index contributed by atoms with van der Waals surface area (Å²) in [4.78, 5) is 25.2. The Kier molecular flexibility index (Phi) is 5.42. The lowest BCUT2D eigenvalue weighted by molar-refractivity contribution is -0.116. The van der Waals surface area contributed by atoms with Crippen LogP contribution in [0.15, 0.2) is 48.7 Å². The Balaban J connectivity index is 1.43. The van der Waals surface area contributed by atoms with E-state index in [0.717, 1.165) is 49.9 Å². The van der Waals surface area contributed by atoms with Crippen molar-refractivity contribution >= 4 is 39.1 Å². The maximum absolute atomic E-state index is 12.1. The van der Waals surface area contributed by atoms with Gasteiger partial charge in [-0.2, -0.15) is 0 Å². The van der Waals surface area contributed by atoms with Crippen LogP contribution in [0, 0.1) is 0 Å². The topological polar surface area (TPSA) is 129 Å². The smallest absolute Gasteiger partial charge is 0.225 e. The third-order valence-corrected chi connectivity index (χ3v) is 6.57. The minimum atomic E-state index is -0.0964. The molecule has 1 aliphatic rings. The fraction of sp³-hybridized carbons (Fsp3) is 0.217. The fourth-order valence-electron chi connectivity index (χ4n) is 3.84. The number of thiazole rings is 1. The molecule has 0 radical (unpaired) electrons. The van der Waals surface area contributed by atoms with Gasteiger partial charge in [-0.1, -0.05) is 12.1 Å². The highest BCUT2D eigenvalue weighted by atomic mass is 32.1. The Morgan fingerprint density at radius 3 is 2.97 bits per heavy atom. The lowest BCUT2D eigenvalue weighted by atomic mass is 9.95. The van der Waals surface area contributed by atoms with E-state index in [9.17, 15) is 4.79 Å². The summed E-state index contributed by atoms with van der Waals surface area (Å²) >= 11 is 1.65. The zero-order valence-electron chi connectivity index (χ0n) is 17.2. The maximum Gasteiger partial charge on any atom is 0.225 e. The minimum absolute atomic E-state index is 0.0964. The monoisotopic (exact) mass is 446 g/mol. The third kappa shape index (κ3) is 4.00. The fourth-order valence-corrected chi connectivity index (χ4v) is 4.93. The van der Waals surface area contributed by atoms with E-state index < -0.39 is 0 Å². The van der Waals surface area contributed by atoms with E-state index in [1.54, 1.807) is 17.5 Å². The van der Waals surface area contributed by atoms with Crippen LogP contribution in [0.3, 0.4) is 0 Å². The lowest BCUT2D eigenvalue weighted by Gasteiger charge is -2.26. The second-order valence-corrected chi connectivity index (χ2v) is 8.68.